The number of fused-ring (bicyclic) bond motifs is 1. The van der Waals surface area contributed by atoms with Crippen LogP contribution in [0.25, 0.3) is 33.3 Å². The molecule has 1 amide bonds. The number of nitriles is 1. The van der Waals surface area contributed by atoms with Gasteiger partial charge in [-0.05, 0) is 62.1 Å². The summed E-state index contributed by atoms with van der Waals surface area (Å²) >= 11 is 0. The molecule has 1 aromatic carbocycles. The lowest BCUT2D eigenvalue weighted by atomic mass is 9.75. The van der Waals surface area contributed by atoms with Crippen LogP contribution in [0.2, 0.25) is 0 Å². The number of piperidine rings is 1. The molecule has 4 aromatic heterocycles. The van der Waals surface area contributed by atoms with Gasteiger partial charge in [0.05, 0.1) is 28.9 Å². The van der Waals surface area contributed by atoms with Crippen LogP contribution in [0.4, 0.5) is 11.5 Å². The molecule has 9 heteroatoms. The van der Waals surface area contributed by atoms with Crippen LogP contribution in [-0.2, 0) is 11.8 Å². The molecule has 0 aliphatic carbocycles. The molecule has 1 aliphatic heterocycles. The summed E-state index contributed by atoms with van der Waals surface area (Å²) in [5, 5.41) is 21.7. The highest BCUT2D eigenvalue weighted by molar-refractivity contribution is 5.96. The third-order valence-electron chi connectivity index (χ3n) is 8.65. The molecule has 1 aliphatic rings. The lowest BCUT2D eigenvalue weighted by molar-refractivity contribution is -0.127. The first-order valence-electron chi connectivity index (χ1n) is 14.5. The van der Waals surface area contributed by atoms with E-state index in [0.717, 1.165) is 82.8 Å². The molecule has 0 unspecified atom stereocenters. The van der Waals surface area contributed by atoms with Crippen molar-refractivity contribution < 1.29 is 4.79 Å². The molecule has 1 N–H and O–H groups in total. The maximum absolute atomic E-state index is 13.5. The van der Waals surface area contributed by atoms with Crippen LogP contribution in [0.1, 0.15) is 44.2 Å². The van der Waals surface area contributed by atoms with E-state index in [9.17, 15) is 10.1 Å². The first kappa shape index (κ1) is 27.9. The van der Waals surface area contributed by atoms with Crippen molar-refractivity contribution in [2.75, 3.05) is 23.3 Å². The van der Waals surface area contributed by atoms with Gasteiger partial charge in [-0.1, -0.05) is 31.2 Å². The number of nitrogens with one attached hydrogen (secondary N) is 1. The zero-order valence-corrected chi connectivity index (χ0v) is 24.7. The maximum atomic E-state index is 13.5. The van der Waals surface area contributed by atoms with E-state index in [1.807, 2.05) is 75.2 Å². The van der Waals surface area contributed by atoms with Crippen molar-refractivity contribution in [1.29, 1.82) is 5.26 Å². The molecule has 9 nitrogen and oxygen atoms in total. The van der Waals surface area contributed by atoms with Crippen LogP contribution in [0.5, 0.6) is 0 Å². The van der Waals surface area contributed by atoms with Gasteiger partial charge in [0.15, 0.2) is 0 Å². The fourth-order valence-corrected chi connectivity index (χ4v) is 5.92. The third kappa shape index (κ3) is 5.28. The number of aromatic nitrogens is 5. The Morgan fingerprint density at radius 3 is 2.51 bits per heavy atom. The second-order valence-corrected chi connectivity index (χ2v) is 11.3. The number of carbonyl (C=O) groups excluding carboxylic acids is 1. The monoisotopic (exact) mass is 570 g/mol. The molecule has 1 fully saturated rings. The molecule has 216 valence electrons. The molecule has 1 saturated heterocycles. The van der Waals surface area contributed by atoms with Crippen LogP contribution >= 0.6 is 0 Å². The molecular formula is C34H34N8O. The van der Waals surface area contributed by atoms with E-state index in [1.54, 1.807) is 15.4 Å². The number of allylic oxidation sites excluding steroid dienone is 1. The minimum absolute atomic E-state index is 0.0726. The predicted octanol–water partition coefficient (Wildman–Crippen LogP) is 6.34. The second kappa shape index (κ2) is 11.2. The Bertz CT molecular complexity index is 1870. The standard InChI is InChI=1S/C34H34N8O/c1-5-34(33(43)39-29-8-6-7-24(15-29)23(2)3)11-13-41(14-12-34)31-10-9-25(18-36-31)30-16-26(28-20-37-40(4)21-28)22-42-32(30)27(17-35)19-38-42/h6-10,15-16,18-22H,2,5,11-14H2,1,3-4H3,(H,39,43). The number of aryl methyl sites for hydroxylation is 1. The molecule has 0 saturated carbocycles. The summed E-state index contributed by atoms with van der Waals surface area (Å²) in [5.41, 5.74) is 7.31. The molecule has 0 spiro atoms. The predicted molar refractivity (Wildman–Crippen MR) is 169 cm³/mol. The highest BCUT2D eigenvalue weighted by Gasteiger charge is 2.40. The van der Waals surface area contributed by atoms with E-state index in [4.69, 9.17) is 4.98 Å². The van der Waals surface area contributed by atoms with Gasteiger partial charge >= 0.3 is 0 Å². The summed E-state index contributed by atoms with van der Waals surface area (Å²) in [6.07, 6.45) is 11.4. The normalized spacial score (nSPS) is 14.4. The Morgan fingerprint density at radius 1 is 1.05 bits per heavy atom. The van der Waals surface area contributed by atoms with Crippen molar-refractivity contribution in [3.05, 3.63) is 91.2 Å². The van der Waals surface area contributed by atoms with Gasteiger partial charge in [-0.15, -0.1) is 0 Å². The summed E-state index contributed by atoms with van der Waals surface area (Å²) in [4.78, 5) is 20.6. The van der Waals surface area contributed by atoms with E-state index in [2.05, 4.69) is 46.1 Å². The Kier molecular flexibility index (Phi) is 7.28. The van der Waals surface area contributed by atoms with E-state index >= 15 is 0 Å². The molecule has 6 rings (SSSR count). The lowest BCUT2D eigenvalue weighted by Crippen LogP contribution is -2.46. The Hall–Kier alpha value is -5.23. The highest BCUT2D eigenvalue weighted by Crippen LogP contribution is 2.38. The number of benzene rings is 1. The zero-order valence-electron chi connectivity index (χ0n) is 24.7. The summed E-state index contributed by atoms with van der Waals surface area (Å²) in [7, 11) is 1.88. The third-order valence-corrected chi connectivity index (χ3v) is 8.65. The van der Waals surface area contributed by atoms with Gasteiger partial charge in [-0.25, -0.2) is 9.50 Å². The van der Waals surface area contributed by atoms with Crippen molar-refractivity contribution in [3.63, 3.8) is 0 Å². The van der Waals surface area contributed by atoms with E-state index in [1.165, 1.54) is 0 Å². The van der Waals surface area contributed by atoms with Crippen LogP contribution < -0.4 is 10.2 Å². The summed E-state index contributed by atoms with van der Waals surface area (Å²) in [6, 6.07) is 16.3. The Labute approximate surface area is 251 Å². The van der Waals surface area contributed by atoms with E-state index < -0.39 is 5.41 Å². The largest absolute Gasteiger partial charge is 0.357 e. The molecule has 0 bridgehead atoms. The number of hydrogen-bond donors (Lipinski definition) is 1. The van der Waals surface area contributed by atoms with E-state index in [-0.39, 0.29) is 5.91 Å². The molecule has 43 heavy (non-hydrogen) atoms. The van der Waals surface area contributed by atoms with Crippen molar-refractivity contribution in [3.8, 4) is 28.3 Å². The van der Waals surface area contributed by atoms with Gasteiger partial charge in [-0.2, -0.15) is 15.5 Å². The molecule has 5 aromatic rings. The lowest BCUT2D eigenvalue weighted by Gasteiger charge is -2.40. The number of pyridine rings is 2. The molecular weight excluding hydrogens is 536 g/mol. The fraction of sp³-hybridized carbons (Fsp3) is 0.265. The SMILES string of the molecule is C=C(C)c1cccc(NC(=O)C2(CC)CCN(c3ccc(-c4cc(-c5cnn(C)c5)cn5ncc(C#N)c45)cn3)CC2)c1. The Balaban J connectivity index is 1.21. The van der Waals surface area contributed by atoms with Crippen LogP contribution in [0.15, 0.2) is 80.0 Å². The zero-order chi connectivity index (χ0) is 30.1. The summed E-state index contributed by atoms with van der Waals surface area (Å²) < 4.78 is 3.51. The highest BCUT2D eigenvalue weighted by atomic mass is 16.2. The minimum Gasteiger partial charge on any atom is -0.357 e. The van der Waals surface area contributed by atoms with Crippen LogP contribution in [0, 0.1) is 16.7 Å². The van der Waals surface area contributed by atoms with Crippen molar-refractivity contribution in [2.24, 2.45) is 12.5 Å². The van der Waals surface area contributed by atoms with Crippen LogP contribution in [0.3, 0.4) is 0 Å². The molecule has 0 radical (unpaired) electrons. The van der Waals surface area contributed by atoms with Gasteiger partial charge in [0, 0.05) is 66.7 Å². The van der Waals surface area contributed by atoms with Gasteiger partial charge in [0.2, 0.25) is 5.91 Å². The maximum Gasteiger partial charge on any atom is 0.230 e. The topological polar surface area (TPSA) is 104 Å². The average Bonchev–Trinajstić information content (AvgIpc) is 3.67. The number of amides is 1. The van der Waals surface area contributed by atoms with Gasteiger partial charge in [0.1, 0.15) is 11.9 Å². The first-order valence-corrected chi connectivity index (χ1v) is 14.5. The molecule has 5 heterocycles. The number of anilines is 2. The smallest absolute Gasteiger partial charge is 0.230 e. The summed E-state index contributed by atoms with van der Waals surface area (Å²) in [6.45, 7) is 9.55. The fourth-order valence-electron chi connectivity index (χ4n) is 5.92. The van der Waals surface area contributed by atoms with Gasteiger partial charge in [0.25, 0.3) is 0 Å². The number of carbonyl (C=O) groups is 1. The second-order valence-electron chi connectivity index (χ2n) is 11.3. The average molecular weight is 571 g/mol. The van der Waals surface area contributed by atoms with Crippen molar-refractivity contribution in [1.82, 2.24) is 24.4 Å². The van der Waals surface area contributed by atoms with Crippen molar-refractivity contribution in [2.45, 2.75) is 33.1 Å². The molecule has 0 atom stereocenters. The first-order chi connectivity index (χ1) is 20.8. The number of hydrogen-bond acceptors (Lipinski definition) is 6. The number of rotatable bonds is 7. The van der Waals surface area contributed by atoms with Gasteiger partial charge < -0.3 is 10.2 Å². The van der Waals surface area contributed by atoms with Crippen molar-refractivity contribution >= 4 is 28.5 Å². The van der Waals surface area contributed by atoms with Crippen LogP contribution in [-0.4, -0.2) is 43.4 Å². The summed E-state index contributed by atoms with van der Waals surface area (Å²) in [5.74, 6) is 0.944. The Morgan fingerprint density at radius 2 is 1.86 bits per heavy atom. The van der Waals surface area contributed by atoms with E-state index in [0.29, 0.717) is 5.56 Å². The number of nitrogens with zero attached hydrogens (tertiary/aromatic N) is 7. The quantitative estimate of drug-likeness (QED) is 0.245. The van der Waals surface area contributed by atoms with Gasteiger partial charge in [-0.3, -0.25) is 9.48 Å². The minimum atomic E-state index is -0.427.